The van der Waals surface area contributed by atoms with Crippen molar-refractivity contribution in [3.8, 4) is 0 Å². The molecule has 3 N–H and O–H groups in total. The van der Waals surface area contributed by atoms with Crippen LogP contribution in [-0.4, -0.2) is 11.6 Å². The van der Waals surface area contributed by atoms with Gasteiger partial charge in [0, 0.05) is 10.5 Å². The standard InChI is InChI=1S/C10H14N2S/c1-3-13-8-4-5-9(10(11)12)7(2)6-8/h4-6H,3H2,1-2H3,(H3,11,12). The summed E-state index contributed by atoms with van der Waals surface area (Å²) in [4.78, 5) is 1.24. The molecule has 3 heteroatoms. The number of aryl methyl sites for hydroxylation is 1. The molecule has 0 fully saturated rings. The Morgan fingerprint density at radius 1 is 1.54 bits per heavy atom. The van der Waals surface area contributed by atoms with Gasteiger partial charge in [-0.1, -0.05) is 6.92 Å². The summed E-state index contributed by atoms with van der Waals surface area (Å²) < 4.78 is 0. The molecule has 2 nitrogen and oxygen atoms in total. The summed E-state index contributed by atoms with van der Waals surface area (Å²) in [5, 5.41) is 7.32. The van der Waals surface area contributed by atoms with Gasteiger partial charge in [-0.05, 0) is 36.4 Å². The first-order valence-electron chi connectivity index (χ1n) is 4.23. The SMILES string of the molecule is CCSc1ccc(C(=N)N)c(C)c1. The molecule has 0 heterocycles. The van der Waals surface area contributed by atoms with Crippen LogP contribution in [0.25, 0.3) is 0 Å². The Labute approximate surface area is 83.0 Å². The lowest BCUT2D eigenvalue weighted by Gasteiger charge is -2.05. The fourth-order valence-corrected chi connectivity index (χ4v) is 1.95. The highest BCUT2D eigenvalue weighted by Crippen LogP contribution is 2.20. The van der Waals surface area contributed by atoms with E-state index in [4.69, 9.17) is 11.1 Å². The van der Waals surface area contributed by atoms with Gasteiger partial charge in [0.15, 0.2) is 0 Å². The van der Waals surface area contributed by atoms with Crippen LogP contribution in [0.5, 0.6) is 0 Å². The monoisotopic (exact) mass is 194 g/mol. The van der Waals surface area contributed by atoms with E-state index in [2.05, 4.69) is 13.0 Å². The van der Waals surface area contributed by atoms with E-state index in [-0.39, 0.29) is 5.84 Å². The van der Waals surface area contributed by atoms with Crippen molar-refractivity contribution in [2.24, 2.45) is 5.73 Å². The van der Waals surface area contributed by atoms with Gasteiger partial charge in [0.2, 0.25) is 0 Å². The van der Waals surface area contributed by atoms with Crippen LogP contribution >= 0.6 is 11.8 Å². The predicted molar refractivity (Wildman–Crippen MR) is 58.6 cm³/mol. The van der Waals surface area contributed by atoms with Gasteiger partial charge < -0.3 is 5.73 Å². The van der Waals surface area contributed by atoms with Gasteiger partial charge in [0.1, 0.15) is 5.84 Å². The third-order valence-corrected chi connectivity index (χ3v) is 2.67. The van der Waals surface area contributed by atoms with Gasteiger partial charge in [0.05, 0.1) is 0 Å². The minimum Gasteiger partial charge on any atom is -0.384 e. The molecule has 1 rings (SSSR count). The summed E-state index contributed by atoms with van der Waals surface area (Å²) in [5.74, 6) is 1.21. The summed E-state index contributed by atoms with van der Waals surface area (Å²) in [6.45, 7) is 4.11. The summed E-state index contributed by atoms with van der Waals surface area (Å²) in [7, 11) is 0. The second-order valence-electron chi connectivity index (χ2n) is 2.82. The van der Waals surface area contributed by atoms with Gasteiger partial charge in [0.25, 0.3) is 0 Å². The van der Waals surface area contributed by atoms with Crippen LogP contribution in [0.3, 0.4) is 0 Å². The second-order valence-corrected chi connectivity index (χ2v) is 4.16. The summed E-state index contributed by atoms with van der Waals surface area (Å²) in [6.07, 6.45) is 0. The van der Waals surface area contributed by atoms with Gasteiger partial charge in [-0.3, -0.25) is 5.41 Å². The molecule has 0 aliphatic heterocycles. The van der Waals surface area contributed by atoms with Gasteiger partial charge in [-0.2, -0.15) is 0 Å². The Bertz CT molecular complexity index is 321. The molecule has 0 atom stereocenters. The maximum absolute atomic E-state index is 7.32. The molecule has 0 aliphatic rings. The van der Waals surface area contributed by atoms with Crippen molar-refractivity contribution < 1.29 is 0 Å². The Hall–Kier alpha value is -0.960. The van der Waals surface area contributed by atoms with Crippen molar-refractivity contribution in [3.63, 3.8) is 0 Å². The zero-order valence-electron chi connectivity index (χ0n) is 7.92. The van der Waals surface area contributed by atoms with E-state index in [0.29, 0.717) is 0 Å². The van der Waals surface area contributed by atoms with Gasteiger partial charge in [-0.15, -0.1) is 11.8 Å². The lowest BCUT2D eigenvalue weighted by molar-refractivity contribution is 1.31. The molecule has 0 saturated heterocycles. The molecule has 0 bridgehead atoms. The quantitative estimate of drug-likeness (QED) is 0.441. The number of hydrogen-bond acceptors (Lipinski definition) is 2. The molecule has 13 heavy (non-hydrogen) atoms. The molecule has 0 saturated carbocycles. The number of nitrogens with two attached hydrogens (primary N) is 1. The zero-order valence-corrected chi connectivity index (χ0v) is 8.74. The molecule has 1 aromatic rings. The van der Waals surface area contributed by atoms with Crippen molar-refractivity contribution in [3.05, 3.63) is 29.3 Å². The Balaban J connectivity index is 2.98. The first kappa shape index (κ1) is 10.1. The number of benzene rings is 1. The highest BCUT2D eigenvalue weighted by atomic mass is 32.2. The van der Waals surface area contributed by atoms with Crippen molar-refractivity contribution in [1.29, 1.82) is 5.41 Å². The number of nitrogen functional groups attached to an aromatic ring is 1. The molecule has 0 aromatic heterocycles. The van der Waals surface area contributed by atoms with E-state index >= 15 is 0 Å². The van der Waals surface area contributed by atoms with Gasteiger partial charge >= 0.3 is 0 Å². The molecule has 0 unspecified atom stereocenters. The van der Waals surface area contributed by atoms with Crippen molar-refractivity contribution in [1.82, 2.24) is 0 Å². The van der Waals surface area contributed by atoms with E-state index in [1.807, 2.05) is 19.1 Å². The van der Waals surface area contributed by atoms with Crippen LogP contribution in [0.4, 0.5) is 0 Å². The second kappa shape index (κ2) is 4.33. The molecule has 70 valence electrons. The molecular formula is C10H14N2S. The van der Waals surface area contributed by atoms with Crippen molar-refractivity contribution in [2.75, 3.05) is 5.75 Å². The normalized spacial score (nSPS) is 10.0. The van der Waals surface area contributed by atoms with E-state index in [9.17, 15) is 0 Å². The average Bonchev–Trinajstić information content (AvgIpc) is 2.04. The van der Waals surface area contributed by atoms with Gasteiger partial charge in [-0.25, -0.2) is 0 Å². The summed E-state index contributed by atoms with van der Waals surface area (Å²) >= 11 is 1.80. The lowest BCUT2D eigenvalue weighted by Crippen LogP contribution is -2.12. The van der Waals surface area contributed by atoms with Crippen LogP contribution in [0.1, 0.15) is 18.1 Å². The largest absolute Gasteiger partial charge is 0.384 e. The molecule has 0 aliphatic carbocycles. The fraction of sp³-hybridized carbons (Fsp3) is 0.300. The van der Waals surface area contributed by atoms with Crippen LogP contribution < -0.4 is 5.73 Å². The van der Waals surface area contributed by atoms with Crippen molar-refractivity contribution >= 4 is 17.6 Å². The highest BCUT2D eigenvalue weighted by Gasteiger charge is 2.01. The lowest BCUT2D eigenvalue weighted by atomic mass is 10.1. The number of thioether (sulfide) groups is 1. The summed E-state index contributed by atoms with van der Waals surface area (Å²) in [5.41, 5.74) is 7.32. The topological polar surface area (TPSA) is 49.9 Å². The Morgan fingerprint density at radius 2 is 2.23 bits per heavy atom. The smallest absolute Gasteiger partial charge is 0.123 e. The Morgan fingerprint density at radius 3 is 2.69 bits per heavy atom. The van der Waals surface area contributed by atoms with Crippen LogP contribution in [0.15, 0.2) is 23.1 Å². The Kier molecular flexibility index (Phi) is 3.37. The third-order valence-electron chi connectivity index (χ3n) is 1.80. The van der Waals surface area contributed by atoms with E-state index in [1.54, 1.807) is 11.8 Å². The number of hydrogen-bond donors (Lipinski definition) is 2. The summed E-state index contributed by atoms with van der Waals surface area (Å²) in [6, 6.07) is 6.00. The number of rotatable bonds is 3. The van der Waals surface area contributed by atoms with Crippen LogP contribution in [0, 0.1) is 12.3 Å². The van der Waals surface area contributed by atoms with Crippen LogP contribution in [-0.2, 0) is 0 Å². The number of nitrogens with one attached hydrogen (secondary N) is 1. The van der Waals surface area contributed by atoms with E-state index < -0.39 is 0 Å². The fourth-order valence-electron chi connectivity index (χ4n) is 1.19. The minimum atomic E-state index is 0.144. The first-order chi connectivity index (χ1) is 6.15. The highest BCUT2D eigenvalue weighted by molar-refractivity contribution is 7.99. The number of amidine groups is 1. The molecule has 0 spiro atoms. The van der Waals surface area contributed by atoms with Crippen molar-refractivity contribution in [2.45, 2.75) is 18.7 Å². The van der Waals surface area contributed by atoms with E-state index in [0.717, 1.165) is 16.9 Å². The average molecular weight is 194 g/mol. The molecule has 0 radical (unpaired) electrons. The maximum Gasteiger partial charge on any atom is 0.123 e. The third kappa shape index (κ3) is 2.49. The van der Waals surface area contributed by atoms with E-state index in [1.165, 1.54) is 4.90 Å². The maximum atomic E-state index is 7.32. The molecular weight excluding hydrogens is 180 g/mol. The first-order valence-corrected chi connectivity index (χ1v) is 5.21. The predicted octanol–water partition coefficient (Wildman–Crippen LogP) is 2.39. The zero-order chi connectivity index (χ0) is 9.84. The molecule has 1 aromatic carbocycles. The molecule has 0 amide bonds. The minimum absolute atomic E-state index is 0.144. The van der Waals surface area contributed by atoms with Crippen LogP contribution in [0.2, 0.25) is 0 Å².